The molecule has 190 valence electrons. The van der Waals surface area contributed by atoms with Crippen LogP contribution in [-0.4, -0.2) is 28.8 Å². The molecule has 1 atom stereocenters. The topological polar surface area (TPSA) is 76.1 Å². The summed E-state index contributed by atoms with van der Waals surface area (Å²) in [5.74, 6) is -0.409. The molecule has 1 aliphatic heterocycles. The Balaban J connectivity index is 1.55. The Morgan fingerprint density at radius 2 is 1.45 bits per heavy atom. The molecule has 0 bridgehead atoms. The molecule has 6 nitrogen and oxygen atoms in total. The van der Waals surface area contributed by atoms with Gasteiger partial charge < -0.3 is 19.5 Å². The van der Waals surface area contributed by atoms with Crippen molar-refractivity contribution in [3.05, 3.63) is 137 Å². The van der Waals surface area contributed by atoms with Crippen LogP contribution in [0, 0.1) is 0 Å². The average Bonchev–Trinajstić information content (AvgIpc) is 3.22. The highest BCUT2D eigenvalue weighted by Crippen LogP contribution is 2.41. The number of Topliss-reactive ketones (excluding diaryl/α,β-unsaturated/α-hetero) is 1. The summed E-state index contributed by atoms with van der Waals surface area (Å²) in [4.78, 5) is 28.2. The van der Waals surface area contributed by atoms with Crippen LogP contribution in [0.4, 0.5) is 0 Å². The third-order valence-electron chi connectivity index (χ3n) is 6.52. The fourth-order valence-corrected chi connectivity index (χ4v) is 4.59. The molecule has 6 heteroatoms. The summed E-state index contributed by atoms with van der Waals surface area (Å²) in [6.07, 6.45) is 0. The predicted molar refractivity (Wildman–Crippen MR) is 144 cm³/mol. The van der Waals surface area contributed by atoms with Gasteiger partial charge in [0.15, 0.2) is 0 Å². The molecule has 4 aromatic rings. The van der Waals surface area contributed by atoms with Crippen molar-refractivity contribution in [3.8, 4) is 11.5 Å². The SMILES string of the molecule is COc1ccc(/C(O)=C2\C(=O)C(=O)N(Cc3ccccc3)C2c2cccc(OCc3ccccc3)c2)cc1. The summed E-state index contributed by atoms with van der Waals surface area (Å²) in [5, 5.41) is 11.3. The van der Waals surface area contributed by atoms with Gasteiger partial charge >= 0.3 is 0 Å². The molecule has 1 saturated heterocycles. The van der Waals surface area contributed by atoms with E-state index in [0.717, 1.165) is 11.1 Å². The Bertz CT molecular complexity index is 1460. The van der Waals surface area contributed by atoms with Crippen LogP contribution >= 0.6 is 0 Å². The van der Waals surface area contributed by atoms with Gasteiger partial charge in [-0.25, -0.2) is 0 Å². The van der Waals surface area contributed by atoms with Gasteiger partial charge in [0.2, 0.25) is 0 Å². The standard InChI is InChI=1S/C32H27NO5/c1-37-26-17-15-24(16-18-26)30(34)28-29(33(32(36)31(28)35)20-22-9-4-2-5-10-22)25-13-8-14-27(19-25)38-21-23-11-6-3-7-12-23/h2-19,29,34H,20-21H2,1H3/b30-28+. The first-order valence-electron chi connectivity index (χ1n) is 12.3. The molecular formula is C32H27NO5. The zero-order chi connectivity index (χ0) is 26.5. The van der Waals surface area contributed by atoms with Gasteiger partial charge in [0.25, 0.3) is 11.7 Å². The summed E-state index contributed by atoms with van der Waals surface area (Å²) in [6, 6.07) is 32.5. The predicted octanol–water partition coefficient (Wildman–Crippen LogP) is 5.90. The number of likely N-dealkylation sites (tertiary alicyclic amines) is 1. The van der Waals surface area contributed by atoms with Crippen LogP contribution in [0.1, 0.15) is 28.3 Å². The highest BCUT2D eigenvalue weighted by atomic mass is 16.5. The Morgan fingerprint density at radius 3 is 2.11 bits per heavy atom. The Kier molecular flexibility index (Phi) is 7.22. The summed E-state index contributed by atoms with van der Waals surface area (Å²) >= 11 is 0. The first-order valence-corrected chi connectivity index (χ1v) is 12.3. The van der Waals surface area contributed by atoms with Gasteiger partial charge in [0, 0.05) is 12.1 Å². The molecule has 1 amide bonds. The molecule has 0 aliphatic carbocycles. The fraction of sp³-hybridized carbons (Fsp3) is 0.125. The molecule has 1 aliphatic rings. The van der Waals surface area contributed by atoms with E-state index in [2.05, 4.69) is 0 Å². The maximum absolute atomic E-state index is 13.4. The van der Waals surface area contributed by atoms with Crippen LogP contribution in [0.3, 0.4) is 0 Å². The molecule has 38 heavy (non-hydrogen) atoms. The van der Waals surface area contributed by atoms with E-state index in [1.807, 2.05) is 84.9 Å². The number of hydrogen-bond acceptors (Lipinski definition) is 5. The molecular weight excluding hydrogens is 478 g/mol. The Morgan fingerprint density at radius 1 is 0.789 bits per heavy atom. The van der Waals surface area contributed by atoms with Gasteiger partial charge in [-0.05, 0) is 53.1 Å². The number of hydrogen-bond donors (Lipinski definition) is 1. The number of ether oxygens (including phenoxy) is 2. The van der Waals surface area contributed by atoms with E-state index < -0.39 is 17.7 Å². The number of rotatable bonds is 8. The molecule has 0 spiro atoms. The van der Waals surface area contributed by atoms with Crippen molar-refractivity contribution in [1.82, 2.24) is 4.90 Å². The molecule has 1 unspecified atom stereocenters. The van der Waals surface area contributed by atoms with Crippen molar-refractivity contribution in [3.63, 3.8) is 0 Å². The highest BCUT2D eigenvalue weighted by molar-refractivity contribution is 6.46. The number of ketones is 1. The Labute approximate surface area is 221 Å². The number of nitrogens with zero attached hydrogens (tertiary/aromatic N) is 1. The highest BCUT2D eigenvalue weighted by Gasteiger charge is 2.46. The van der Waals surface area contributed by atoms with E-state index >= 15 is 0 Å². The first-order chi connectivity index (χ1) is 18.5. The van der Waals surface area contributed by atoms with E-state index in [4.69, 9.17) is 9.47 Å². The molecule has 4 aromatic carbocycles. The average molecular weight is 506 g/mol. The molecule has 1 fully saturated rings. The second kappa shape index (κ2) is 11.0. The number of amides is 1. The lowest BCUT2D eigenvalue weighted by Gasteiger charge is -2.26. The van der Waals surface area contributed by atoms with Crippen molar-refractivity contribution in [2.45, 2.75) is 19.2 Å². The van der Waals surface area contributed by atoms with Crippen molar-refractivity contribution in [1.29, 1.82) is 0 Å². The van der Waals surface area contributed by atoms with Gasteiger partial charge in [0.05, 0.1) is 18.7 Å². The maximum Gasteiger partial charge on any atom is 0.295 e. The lowest BCUT2D eigenvalue weighted by atomic mass is 9.95. The number of methoxy groups -OCH3 is 1. The second-order valence-electron chi connectivity index (χ2n) is 8.99. The van der Waals surface area contributed by atoms with Crippen molar-refractivity contribution >= 4 is 17.4 Å². The summed E-state index contributed by atoms with van der Waals surface area (Å²) in [7, 11) is 1.55. The first kappa shape index (κ1) is 24.8. The second-order valence-corrected chi connectivity index (χ2v) is 8.99. The minimum Gasteiger partial charge on any atom is -0.507 e. The van der Waals surface area contributed by atoms with Gasteiger partial charge in [-0.1, -0.05) is 72.8 Å². The summed E-state index contributed by atoms with van der Waals surface area (Å²) in [5.41, 5.74) is 3.02. The third-order valence-corrected chi connectivity index (χ3v) is 6.52. The molecule has 0 aromatic heterocycles. The number of benzene rings is 4. The lowest BCUT2D eigenvalue weighted by molar-refractivity contribution is -0.140. The van der Waals surface area contributed by atoms with Crippen LogP contribution in [0.5, 0.6) is 11.5 Å². The number of carbonyl (C=O) groups is 2. The minimum atomic E-state index is -0.794. The summed E-state index contributed by atoms with van der Waals surface area (Å²) < 4.78 is 11.2. The van der Waals surface area contributed by atoms with Gasteiger partial charge in [0.1, 0.15) is 23.9 Å². The number of aliphatic hydroxyl groups excluding tert-OH is 1. The quantitative estimate of drug-likeness (QED) is 0.183. The van der Waals surface area contributed by atoms with E-state index in [0.29, 0.717) is 29.2 Å². The van der Waals surface area contributed by atoms with Crippen molar-refractivity contribution in [2.75, 3.05) is 7.11 Å². The third kappa shape index (κ3) is 5.15. The smallest absolute Gasteiger partial charge is 0.295 e. The molecule has 0 radical (unpaired) electrons. The van der Waals surface area contributed by atoms with Crippen molar-refractivity contribution in [2.24, 2.45) is 0 Å². The number of aliphatic hydroxyl groups is 1. The van der Waals surface area contributed by atoms with Crippen LogP contribution in [0.2, 0.25) is 0 Å². The maximum atomic E-state index is 13.4. The lowest BCUT2D eigenvalue weighted by Crippen LogP contribution is -2.29. The van der Waals surface area contributed by atoms with Crippen LogP contribution in [0.25, 0.3) is 5.76 Å². The van der Waals surface area contributed by atoms with Crippen LogP contribution in [-0.2, 0) is 22.7 Å². The van der Waals surface area contributed by atoms with Crippen LogP contribution in [0.15, 0.2) is 115 Å². The van der Waals surface area contributed by atoms with Gasteiger partial charge in [-0.15, -0.1) is 0 Å². The van der Waals surface area contributed by atoms with E-state index in [-0.39, 0.29) is 17.9 Å². The monoisotopic (exact) mass is 505 g/mol. The fourth-order valence-electron chi connectivity index (χ4n) is 4.59. The van der Waals surface area contributed by atoms with Gasteiger partial charge in [-0.2, -0.15) is 0 Å². The van der Waals surface area contributed by atoms with Crippen LogP contribution < -0.4 is 9.47 Å². The van der Waals surface area contributed by atoms with E-state index in [1.165, 1.54) is 4.90 Å². The Hall–Kier alpha value is -4.84. The largest absolute Gasteiger partial charge is 0.507 e. The zero-order valence-electron chi connectivity index (χ0n) is 20.9. The minimum absolute atomic E-state index is 0.0382. The molecule has 5 rings (SSSR count). The molecule has 1 N–H and O–H groups in total. The van der Waals surface area contributed by atoms with Crippen molar-refractivity contribution < 1.29 is 24.2 Å². The summed E-state index contributed by atoms with van der Waals surface area (Å²) in [6.45, 7) is 0.588. The van der Waals surface area contributed by atoms with Gasteiger partial charge in [-0.3, -0.25) is 9.59 Å². The van der Waals surface area contributed by atoms with E-state index in [9.17, 15) is 14.7 Å². The van der Waals surface area contributed by atoms with E-state index in [1.54, 1.807) is 31.4 Å². The molecule has 0 saturated carbocycles. The molecule has 1 heterocycles. The zero-order valence-corrected chi connectivity index (χ0v) is 20.9. The normalized spacial score (nSPS) is 16.4. The number of carbonyl (C=O) groups excluding carboxylic acids is 2.